The highest BCUT2D eigenvalue weighted by atomic mass is 32.2. The molecule has 0 atom stereocenters. The third-order valence-electron chi connectivity index (χ3n) is 3.82. The van der Waals surface area contributed by atoms with Crippen LogP contribution in [0.5, 0.6) is 0 Å². The Labute approximate surface area is 166 Å². The molecule has 2 aromatic carbocycles. The number of aromatic nitrogens is 4. The van der Waals surface area contributed by atoms with E-state index in [4.69, 9.17) is 0 Å². The van der Waals surface area contributed by atoms with Crippen molar-refractivity contribution in [2.45, 2.75) is 25.9 Å². The smallest absolute Gasteiger partial charge is 0.234 e. The fourth-order valence-corrected chi connectivity index (χ4v) is 3.35. The highest BCUT2D eigenvalue weighted by Crippen LogP contribution is 2.22. The number of hydrogen-bond acceptors (Lipinski definition) is 6. The molecular weight excluding hydrogens is 376 g/mol. The zero-order valence-corrected chi connectivity index (χ0v) is 16.6. The average Bonchev–Trinajstić information content (AvgIpc) is 3.08. The summed E-state index contributed by atoms with van der Waals surface area (Å²) in [7, 11) is 0. The van der Waals surface area contributed by atoms with E-state index in [1.54, 1.807) is 28.9 Å². The van der Waals surface area contributed by atoms with E-state index in [0.29, 0.717) is 16.5 Å². The number of hydrogen-bond donors (Lipinski definition) is 2. The van der Waals surface area contributed by atoms with Crippen molar-refractivity contribution in [3.8, 4) is 5.69 Å². The Kier molecular flexibility index (Phi) is 6.05. The number of tetrazole rings is 1. The van der Waals surface area contributed by atoms with Crippen LogP contribution in [0.15, 0.2) is 47.6 Å². The summed E-state index contributed by atoms with van der Waals surface area (Å²) in [6.45, 7) is 5.45. The van der Waals surface area contributed by atoms with Crippen LogP contribution in [0.2, 0.25) is 0 Å². The number of rotatable bonds is 6. The van der Waals surface area contributed by atoms with Crippen molar-refractivity contribution < 1.29 is 9.59 Å². The highest BCUT2D eigenvalue weighted by Gasteiger charge is 2.13. The number of benzene rings is 2. The second-order valence-electron chi connectivity index (χ2n) is 6.26. The van der Waals surface area contributed by atoms with E-state index in [-0.39, 0.29) is 17.6 Å². The van der Waals surface area contributed by atoms with Gasteiger partial charge in [0, 0.05) is 18.3 Å². The number of carbonyl (C=O) groups is 2. The summed E-state index contributed by atoms with van der Waals surface area (Å²) >= 11 is 1.25. The predicted octanol–water partition coefficient (Wildman–Crippen LogP) is 2.97. The molecule has 0 aliphatic rings. The van der Waals surface area contributed by atoms with Gasteiger partial charge < -0.3 is 10.6 Å². The minimum absolute atomic E-state index is 0.148. The predicted molar refractivity (Wildman–Crippen MR) is 109 cm³/mol. The summed E-state index contributed by atoms with van der Waals surface area (Å²) in [5.74, 6) is -0.215. The molecule has 144 valence electrons. The summed E-state index contributed by atoms with van der Waals surface area (Å²) in [5, 5.41) is 17.8. The molecule has 0 saturated carbocycles. The molecule has 3 rings (SSSR count). The van der Waals surface area contributed by atoms with Gasteiger partial charge in [-0.05, 0) is 54.1 Å². The lowest BCUT2D eigenvalue weighted by Crippen LogP contribution is -2.15. The third kappa shape index (κ3) is 4.95. The van der Waals surface area contributed by atoms with E-state index >= 15 is 0 Å². The molecule has 28 heavy (non-hydrogen) atoms. The standard InChI is InChI=1S/C19H20N6O2S/c1-12-7-8-17(13(2)9-12)25-19(22-23-24-25)28-11-18(27)21-16-6-4-5-15(10-16)20-14(3)26/h4-10H,11H2,1-3H3,(H,20,26)(H,21,27). The molecule has 1 aromatic heterocycles. The van der Waals surface area contributed by atoms with Crippen LogP contribution < -0.4 is 10.6 Å². The number of nitrogens with zero attached hydrogens (tertiary/aromatic N) is 4. The molecule has 0 bridgehead atoms. The van der Waals surface area contributed by atoms with Gasteiger partial charge in [-0.25, -0.2) is 0 Å². The van der Waals surface area contributed by atoms with Gasteiger partial charge in [0.2, 0.25) is 17.0 Å². The largest absolute Gasteiger partial charge is 0.326 e. The van der Waals surface area contributed by atoms with Crippen molar-refractivity contribution in [2.75, 3.05) is 16.4 Å². The molecule has 8 nitrogen and oxygen atoms in total. The second kappa shape index (κ2) is 8.66. The summed E-state index contributed by atoms with van der Waals surface area (Å²) in [4.78, 5) is 23.5. The first-order chi connectivity index (χ1) is 13.4. The van der Waals surface area contributed by atoms with Crippen LogP contribution in [0, 0.1) is 13.8 Å². The van der Waals surface area contributed by atoms with Crippen LogP contribution in [-0.4, -0.2) is 37.8 Å². The molecule has 0 aliphatic heterocycles. The van der Waals surface area contributed by atoms with Crippen molar-refractivity contribution in [2.24, 2.45) is 0 Å². The van der Waals surface area contributed by atoms with Crippen LogP contribution in [0.4, 0.5) is 11.4 Å². The van der Waals surface area contributed by atoms with Gasteiger partial charge in [-0.1, -0.05) is 35.5 Å². The molecule has 0 fully saturated rings. The lowest BCUT2D eigenvalue weighted by molar-refractivity contribution is -0.114. The Morgan fingerprint density at radius 2 is 1.82 bits per heavy atom. The minimum Gasteiger partial charge on any atom is -0.326 e. The molecule has 3 aromatic rings. The quantitative estimate of drug-likeness (QED) is 0.621. The maximum Gasteiger partial charge on any atom is 0.234 e. The van der Waals surface area contributed by atoms with Gasteiger partial charge in [-0.2, -0.15) is 4.68 Å². The van der Waals surface area contributed by atoms with Gasteiger partial charge >= 0.3 is 0 Å². The summed E-state index contributed by atoms with van der Waals surface area (Å²) in [5.41, 5.74) is 4.31. The SMILES string of the molecule is CC(=O)Nc1cccc(NC(=O)CSc2nnnn2-c2ccc(C)cc2C)c1. The second-order valence-corrected chi connectivity index (χ2v) is 7.20. The zero-order chi connectivity index (χ0) is 20.1. The van der Waals surface area contributed by atoms with Gasteiger partial charge in [0.05, 0.1) is 11.4 Å². The summed E-state index contributed by atoms with van der Waals surface area (Å²) in [6, 6.07) is 13.0. The Balaban J connectivity index is 1.65. The van der Waals surface area contributed by atoms with Crippen LogP contribution in [-0.2, 0) is 9.59 Å². The lowest BCUT2D eigenvalue weighted by atomic mass is 10.1. The number of amides is 2. The van der Waals surface area contributed by atoms with E-state index in [1.807, 2.05) is 26.0 Å². The number of thioether (sulfide) groups is 1. The van der Waals surface area contributed by atoms with E-state index in [9.17, 15) is 9.59 Å². The van der Waals surface area contributed by atoms with E-state index in [1.165, 1.54) is 18.7 Å². The summed E-state index contributed by atoms with van der Waals surface area (Å²) < 4.78 is 1.63. The molecule has 0 aliphatic carbocycles. The van der Waals surface area contributed by atoms with Gasteiger partial charge in [0.15, 0.2) is 0 Å². The van der Waals surface area contributed by atoms with Gasteiger partial charge in [-0.3, -0.25) is 9.59 Å². The number of anilines is 2. The Morgan fingerprint density at radius 1 is 1.07 bits per heavy atom. The zero-order valence-electron chi connectivity index (χ0n) is 15.8. The molecule has 2 N–H and O–H groups in total. The molecule has 0 radical (unpaired) electrons. The van der Waals surface area contributed by atoms with Crippen molar-refractivity contribution in [3.05, 3.63) is 53.6 Å². The molecular formula is C19H20N6O2S. The number of aryl methyl sites for hydroxylation is 2. The average molecular weight is 396 g/mol. The normalized spacial score (nSPS) is 10.5. The molecule has 0 unspecified atom stereocenters. The minimum atomic E-state index is -0.194. The fourth-order valence-electron chi connectivity index (χ4n) is 2.67. The van der Waals surface area contributed by atoms with Crippen molar-refractivity contribution >= 4 is 35.0 Å². The van der Waals surface area contributed by atoms with Gasteiger partial charge in [0.1, 0.15) is 0 Å². The molecule has 9 heteroatoms. The maximum absolute atomic E-state index is 12.3. The lowest BCUT2D eigenvalue weighted by Gasteiger charge is -2.09. The van der Waals surface area contributed by atoms with Gasteiger partial charge in [-0.15, -0.1) is 5.10 Å². The van der Waals surface area contributed by atoms with E-state index < -0.39 is 0 Å². The van der Waals surface area contributed by atoms with Crippen LogP contribution in [0.1, 0.15) is 18.1 Å². The van der Waals surface area contributed by atoms with Crippen LogP contribution >= 0.6 is 11.8 Å². The maximum atomic E-state index is 12.3. The van der Waals surface area contributed by atoms with Gasteiger partial charge in [0.25, 0.3) is 0 Å². The van der Waals surface area contributed by atoms with E-state index in [0.717, 1.165) is 16.8 Å². The van der Waals surface area contributed by atoms with Crippen molar-refractivity contribution in [3.63, 3.8) is 0 Å². The molecule has 0 saturated heterocycles. The van der Waals surface area contributed by atoms with E-state index in [2.05, 4.69) is 32.2 Å². The molecule has 2 amide bonds. The Morgan fingerprint density at radius 3 is 2.54 bits per heavy atom. The fraction of sp³-hybridized carbons (Fsp3) is 0.211. The highest BCUT2D eigenvalue weighted by molar-refractivity contribution is 7.99. The first-order valence-corrected chi connectivity index (χ1v) is 9.57. The first kappa shape index (κ1) is 19.6. The number of carbonyl (C=O) groups excluding carboxylic acids is 2. The number of nitrogens with one attached hydrogen (secondary N) is 2. The Bertz CT molecular complexity index is 1020. The van der Waals surface area contributed by atoms with Crippen molar-refractivity contribution in [1.82, 2.24) is 20.2 Å². The summed E-state index contributed by atoms with van der Waals surface area (Å²) in [6.07, 6.45) is 0. The molecule has 0 spiro atoms. The molecule has 1 heterocycles. The monoisotopic (exact) mass is 396 g/mol. The third-order valence-corrected chi connectivity index (χ3v) is 4.74. The van der Waals surface area contributed by atoms with Crippen molar-refractivity contribution in [1.29, 1.82) is 0 Å². The topological polar surface area (TPSA) is 102 Å². The first-order valence-electron chi connectivity index (χ1n) is 8.58. The Hall–Kier alpha value is -3.20. The van der Waals surface area contributed by atoms with Crippen LogP contribution in [0.25, 0.3) is 5.69 Å². The van der Waals surface area contributed by atoms with Crippen LogP contribution in [0.3, 0.4) is 0 Å².